The second-order valence-electron chi connectivity index (χ2n) is 16.4. The molecule has 548 valence electrons. The van der Waals surface area contributed by atoms with Gasteiger partial charge in [0.2, 0.25) is 0 Å². The van der Waals surface area contributed by atoms with E-state index < -0.39 is 0 Å². The summed E-state index contributed by atoms with van der Waals surface area (Å²) in [6.45, 7) is 35.3. The molecule has 4 aliphatic carbocycles. The van der Waals surface area contributed by atoms with Crippen LogP contribution in [0.1, 0.15) is 166 Å². The van der Waals surface area contributed by atoms with Gasteiger partial charge < -0.3 is 0 Å². The third-order valence-corrected chi connectivity index (χ3v) is 33.0. The maximum Gasteiger partial charge on any atom is 0 e. The molecule has 0 radical (unpaired) electrons. The SMILES string of the molecule is C.C.C.C.CC(C)C1=C[C](=[W])[C](=[W])C1.CC(C)C1=C[C](=[W])[C](=[W])C1.CC(C)C1=C[C](=[W])[C](=[W])C1.CC(C)C1=C[C](=[W])[C](=[W])C1.CC(C)[C-]=[W].CC(C)[C-]=[W].CC(C)[C-]=[W].CC(C)[C-]=[W].[W].[W].[W].[W].[W].[W].[W].[W].[W].[W].[W].[W].[W].[W].[W].[W].[W].[W].[W].[W].[W].[W].[W].[W].[W].[W].[W].[W].[W].[W]. The number of hydrogen-bond acceptors (Lipinski definition) is 0. The summed E-state index contributed by atoms with van der Waals surface area (Å²) in [5.74, 6) is 5.71. The van der Waals surface area contributed by atoms with Crippen molar-refractivity contribution in [1.29, 1.82) is 0 Å². The zero-order chi connectivity index (χ0) is 48.0. The summed E-state index contributed by atoms with van der Waals surface area (Å²) in [5.41, 5.74) is 6.54. The molecule has 0 unspecified atom stereocenters. The topological polar surface area (TPSA) is 0 Å². The minimum Gasteiger partial charge on any atom is 0 e. The zero-order valence-electron chi connectivity index (χ0n) is 50.9. The Morgan fingerprint density at radius 1 is 0.213 bits per heavy atom. The van der Waals surface area contributed by atoms with Gasteiger partial charge in [-0.05, 0) is 0 Å². The summed E-state index contributed by atoms with van der Waals surface area (Å²) < 4.78 is 25.5. The normalized spacial score (nSPS) is 9.70. The van der Waals surface area contributed by atoms with E-state index in [9.17, 15) is 0 Å². The molecule has 0 nitrogen and oxygen atoms in total. The molecular formula is C52H84W42-4. The molecule has 0 aromatic rings. The smallest absolute Gasteiger partial charge is 0 e. The Morgan fingerprint density at radius 3 is 0.309 bits per heavy atom. The van der Waals surface area contributed by atoms with E-state index in [0.29, 0.717) is 23.7 Å². The molecule has 0 fully saturated rings. The van der Waals surface area contributed by atoms with Gasteiger partial charge in [0, 0.05) is 632 Å². The molecule has 0 amide bonds. The molecule has 0 saturated carbocycles. The molecule has 4 rings (SSSR count). The first-order valence-corrected chi connectivity index (χ1v) is 37.7. The Balaban J connectivity index is -0.0000000102. The maximum absolute atomic E-state index is 3.11. The van der Waals surface area contributed by atoms with Gasteiger partial charge >= 0.3 is 511 Å². The summed E-state index contributed by atoms with van der Waals surface area (Å²) >= 11 is 19.0. The Labute approximate surface area is 1140 Å². The van der Waals surface area contributed by atoms with Crippen LogP contribution in [0.25, 0.3) is 0 Å². The van der Waals surface area contributed by atoms with Crippen molar-refractivity contribution in [3.05, 3.63) is 46.6 Å². The summed E-state index contributed by atoms with van der Waals surface area (Å²) in [4.78, 5) is 0. The number of rotatable bonds is 8. The minimum atomic E-state index is 0. The van der Waals surface area contributed by atoms with E-state index in [0.717, 1.165) is 23.7 Å². The predicted molar refractivity (Wildman–Crippen MR) is 257 cm³/mol. The van der Waals surface area contributed by atoms with Crippen LogP contribution in [0, 0.1) is 47.3 Å². The molecule has 0 atom stereocenters. The van der Waals surface area contributed by atoms with Crippen LogP contribution in [0.2, 0.25) is 0 Å². The maximum atomic E-state index is 3.11. The molecule has 0 aromatic heterocycles. The average molecular weight is 8430 g/mol. The van der Waals surface area contributed by atoms with Crippen molar-refractivity contribution in [1.82, 2.24) is 0 Å². The van der Waals surface area contributed by atoms with Gasteiger partial charge in [0.05, 0.1) is 0 Å². The molecule has 0 bridgehead atoms. The van der Waals surface area contributed by atoms with Gasteiger partial charge in [-0.2, -0.15) is 0 Å². The second kappa shape index (κ2) is 173. The zero-order valence-corrected chi connectivity index (χ0v) is 174. The largest absolute Gasteiger partial charge is 0 e. The molecular weight excluding hydrogens is 8350 g/mol. The fourth-order valence-corrected chi connectivity index (χ4v) is 10.2. The molecule has 0 saturated heterocycles. The van der Waals surface area contributed by atoms with Gasteiger partial charge in [-0.15, -0.1) is 0 Å². The summed E-state index contributed by atoms with van der Waals surface area (Å²) in [6.07, 6.45) is 14.6. The van der Waals surface area contributed by atoms with E-state index >= 15 is 0 Å². The minimum absolute atomic E-state index is 0. The van der Waals surface area contributed by atoms with Crippen molar-refractivity contribution < 1.29 is 864 Å². The third kappa shape index (κ3) is 168. The van der Waals surface area contributed by atoms with Crippen molar-refractivity contribution in [2.45, 2.75) is 166 Å². The van der Waals surface area contributed by atoms with E-state index in [4.69, 9.17) is 0 Å². The molecule has 0 spiro atoms. The molecule has 94 heavy (non-hydrogen) atoms. The Bertz CT molecular complexity index is 1430. The van der Waals surface area contributed by atoms with Crippen LogP contribution in [0.5, 0.6) is 0 Å². The van der Waals surface area contributed by atoms with Gasteiger partial charge in [0.25, 0.3) is 0 Å². The van der Waals surface area contributed by atoms with Gasteiger partial charge in [-0.25, -0.2) is 0 Å². The summed E-state index contributed by atoms with van der Waals surface area (Å²) in [7, 11) is 0. The van der Waals surface area contributed by atoms with Gasteiger partial charge in [0.15, 0.2) is 0 Å². The summed E-state index contributed by atoms with van der Waals surface area (Å²) in [5, 5.41) is 0. The molecule has 42 heteroatoms. The van der Waals surface area contributed by atoms with Crippen molar-refractivity contribution >= 4 is 48.8 Å². The van der Waals surface area contributed by atoms with Crippen molar-refractivity contribution in [3.8, 4) is 0 Å². The summed E-state index contributed by atoms with van der Waals surface area (Å²) in [6, 6.07) is 0. The fourth-order valence-electron chi connectivity index (χ4n) is 3.77. The van der Waals surface area contributed by atoms with Gasteiger partial charge in [-0.1, -0.05) is 29.7 Å². The second-order valence-corrected chi connectivity index (χ2v) is 33.2. The molecule has 0 aliphatic heterocycles. The molecule has 0 N–H and O–H groups in total. The Kier molecular flexibility index (Phi) is 465. The van der Waals surface area contributed by atoms with Gasteiger partial charge in [0.1, 0.15) is 0 Å². The Morgan fingerprint density at radius 2 is 0.287 bits per heavy atom. The van der Waals surface area contributed by atoms with Crippen molar-refractivity contribution in [2.75, 3.05) is 0 Å². The third-order valence-electron chi connectivity index (χ3n) is 7.73. The number of allylic oxidation sites excluding steroid dienone is 8. The van der Waals surface area contributed by atoms with E-state index in [-0.39, 0.29) is 662 Å². The van der Waals surface area contributed by atoms with Crippen LogP contribution in [0.15, 0.2) is 46.6 Å². The fraction of sp³-hybridized carbons (Fsp3) is 0.615. The first kappa shape index (κ1) is 253. The van der Waals surface area contributed by atoms with E-state index in [1.165, 1.54) is 103 Å². The first-order valence-electron chi connectivity index (χ1n) is 20.1. The molecule has 0 heterocycles. The van der Waals surface area contributed by atoms with Gasteiger partial charge in [-0.3, -0.25) is 0 Å². The van der Waals surface area contributed by atoms with Crippen LogP contribution in [0.4, 0.5) is 0 Å². The van der Waals surface area contributed by atoms with Crippen molar-refractivity contribution in [3.63, 3.8) is 0 Å². The van der Waals surface area contributed by atoms with E-state index in [1.54, 1.807) is 208 Å². The van der Waals surface area contributed by atoms with Crippen LogP contribution >= 0.6 is 0 Å². The predicted octanol–water partition coefficient (Wildman–Crippen LogP) is 11.6. The standard InChI is InChI=1S/4C8H10.4C4H7.4CH4.42W/c4*1-7(2)8-5-3-4-6-8;4*1-4(2)3;;;;;;;;;;;;;;;;;;;;;;;;;;;;;;;;;;;;;;;;;;;;;;/h4*5,7H,6H2,1-2H3;4*4H,1-2H3;4*1H4;;;;;;;;;;;;;;;;;;;;;;;;;;;;;;;;;;;;;;;;;;/q;;;;4*-1;;;;;;;;;;;;;;;;;;;;;;;;;;;;;;;;;;;;;;;;;;;;;;. The quantitative estimate of drug-likeness (QED) is 0.213. The number of hydrogen-bond donors (Lipinski definition) is 0. The first-order chi connectivity index (χ1) is 27.5. The Hall–Kier alpha value is 26.3. The van der Waals surface area contributed by atoms with Crippen LogP contribution < -0.4 is 0 Å². The van der Waals surface area contributed by atoms with Crippen LogP contribution in [0.3, 0.4) is 0 Å². The van der Waals surface area contributed by atoms with Crippen molar-refractivity contribution in [2.24, 2.45) is 47.3 Å². The van der Waals surface area contributed by atoms with E-state index in [2.05, 4.69) is 153 Å². The average Bonchev–Trinajstić information content (AvgIpc) is 3.91. The van der Waals surface area contributed by atoms with Crippen LogP contribution in [-0.4, -0.2) is 48.8 Å². The molecule has 0 aromatic carbocycles. The molecule has 4 aliphatic rings. The van der Waals surface area contributed by atoms with E-state index in [1.807, 2.05) is 0 Å². The van der Waals surface area contributed by atoms with Crippen LogP contribution in [-0.2, 0) is 864 Å². The monoisotopic (exact) mass is 8430 g/mol.